The zero-order valence-electron chi connectivity index (χ0n) is 11.6. The second-order valence-corrected chi connectivity index (χ2v) is 5.15. The van der Waals surface area contributed by atoms with Gasteiger partial charge in [0.05, 0.1) is 0 Å². The summed E-state index contributed by atoms with van der Waals surface area (Å²) >= 11 is 0. The Morgan fingerprint density at radius 3 is 2.45 bits per heavy atom. The molecule has 0 heterocycles. The number of carboxylic acids is 1. The molecule has 2 aromatic carbocycles. The van der Waals surface area contributed by atoms with E-state index >= 15 is 0 Å². The average molecular weight is 270 g/mol. The zero-order chi connectivity index (χ0) is 14.7. The Labute approximate surface area is 118 Å². The highest BCUT2D eigenvalue weighted by atomic mass is 16.4. The third kappa shape index (κ3) is 2.99. The van der Waals surface area contributed by atoms with Crippen molar-refractivity contribution in [1.29, 1.82) is 0 Å². The standard InChI is InChI=1S/C17H18O3/c1-11-8-14(16(18)15(9-11)17(19)20)12(2)10-13-6-4-3-5-7-13/h3-9,12,18H,10H2,1-2H3,(H,19,20). The Bertz CT molecular complexity index is 618. The molecule has 104 valence electrons. The molecule has 0 aliphatic heterocycles. The van der Waals surface area contributed by atoms with Gasteiger partial charge in [-0.3, -0.25) is 0 Å². The van der Waals surface area contributed by atoms with Gasteiger partial charge in [0.1, 0.15) is 11.3 Å². The maximum atomic E-state index is 11.1. The first kappa shape index (κ1) is 14.1. The molecule has 1 atom stereocenters. The summed E-state index contributed by atoms with van der Waals surface area (Å²) in [4.78, 5) is 11.1. The molecule has 1 unspecified atom stereocenters. The number of phenols is 1. The third-order valence-corrected chi connectivity index (χ3v) is 3.43. The van der Waals surface area contributed by atoms with Crippen molar-refractivity contribution in [2.24, 2.45) is 0 Å². The number of rotatable bonds is 4. The lowest BCUT2D eigenvalue weighted by Gasteiger charge is -2.16. The normalized spacial score (nSPS) is 12.1. The van der Waals surface area contributed by atoms with Crippen LogP contribution in [-0.4, -0.2) is 16.2 Å². The fraction of sp³-hybridized carbons (Fsp3) is 0.235. The van der Waals surface area contributed by atoms with Gasteiger partial charge in [-0.15, -0.1) is 0 Å². The molecule has 0 aliphatic rings. The van der Waals surface area contributed by atoms with Crippen molar-refractivity contribution < 1.29 is 15.0 Å². The number of aromatic hydroxyl groups is 1. The third-order valence-electron chi connectivity index (χ3n) is 3.43. The van der Waals surface area contributed by atoms with Crippen LogP contribution in [0.25, 0.3) is 0 Å². The molecule has 2 aromatic rings. The number of carbonyl (C=O) groups is 1. The van der Waals surface area contributed by atoms with Crippen molar-refractivity contribution in [3.05, 3.63) is 64.7 Å². The van der Waals surface area contributed by atoms with E-state index in [0.29, 0.717) is 5.56 Å². The van der Waals surface area contributed by atoms with Gasteiger partial charge < -0.3 is 10.2 Å². The summed E-state index contributed by atoms with van der Waals surface area (Å²) in [5.74, 6) is -1.17. The first-order valence-electron chi connectivity index (χ1n) is 6.59. The van der Waals surface area contributed by atoms with E-state index in [1.807, 2.05) is 50.2 Å². The van der Waals surface area contributed by atoms with Gasteiger partial charge in [-0.05, 0) is 42.0 Å². The quantitative estimate of drug-likeness (QED) is 0.889. The molecule has 0 amide bonds. The summed E-state index contributed by atoms with van der Waals surface area (Å²) in [5.41, 5.74) is 2.67. The summed E-state index contributed by atoms with van der Waals surface area (Å²) in [6, 6.07) is 13.3. The molecule has 3 nitrogen and oxygen atoms in total. The maximum absolute atomic E-state index is 11.1. The number of aromatic carboxylic acids is 1. The van der Waals surface area contributed by atoms with E-state index in [2.05, 4.69) is 0 Å². The fourth-order valence-electron chi connectivity index (χ4n) is 2.42. The van der Waals surface area contributed by atoms with Gasteiger partial charge in [-0.25, -0.2) is 4.79 Å². The van der Waals surface area contributed by atoms with E-state index in [-0.39, 0.29) is 17.2 Å². The number of hydrogen-bond donors (Lipinski definition) is 2. The highest BCUT2D eigenvalue weighted by molar-refractivity contribution is 5.91. The molecule has 0 spiro atoms. The van der Waals surface area contributed by atoms with Gasteiger partial charge in [-0.2, -0.15) is 0 Å². The highest BCUT2D eigenvalue weighted by Crippen LogP contribution is 2.32. The van der Waals surface area contributed by atoms with Crippen molar-refractivity contribution in [3.63, 3.8) is 0 Å². The number of carboxylic acid groups (broad SMARTS) is 1. The monoisotopic (exact) mass is 270 g/mol. The van der Waals surface area contributed by atoms with Crippen LogP contribution in [0.4, 0.5) is 0 Å². The van der Waals surface area contributed by atoms with E-state index in [9.17, 15) is 9.90 Å². The van der Waals surface area contributed by atoms with Crippen LogP contribution in [0.2, 0.25) is 0 Å². The van der Waals surface area contributed by atoms with E-state index < -0.39 is 5.97 Å². The lowest BCUT2D eigenvalue weighted by atomic mass is 9.90. The van der Waals surface area contributed by atoms with Crippen LogP contribution in [0.1, 0.15) is 39.9 Å². The second kappa shape index (κ2) is 5.78. The van der Waals surface area contributed by atoms with Crippen molar-refractivity contribution in [2.75, 3.05) is 0 Å². The van der Waals surface area contributed by atoms with E-state index in [1.165, 1.54) is 6.07 Å². The predicted octanol–water partition coefficient (Wildman–Crippen LogP) is 3.75. The largest absolute Gasteiger partial charge is 0.507 e. The lowest BCUT2D eigenvalue weighted by molar-refractivity contribution is 0.0693. The van der Waals surface area contributed by atoms with E-state index in [1.54, 1.807) is 0 Å². The van der Waals surface area contributed by atoms with Gasteiger partial charge in [-0.1, -0.05) is 43.3 Å². The maximum Gasteiger partial charge on any atom is 0.339 e. The van der Waals surface area contributed by atoms with Crippen LogP contribution >= 0.6 is 0 Å². The summed E-state index contributed by atoms with van der Waals surface area (Å²) < 4.78 is 0. The van der Waals surface area contributed by atoms with Gasteiger partial charge >= 0.3 is 5.97 Å². The van der Waals surface area contributed by atoms with Crippen molar-refractivity contribution in [2.45, 2.75) is 26.2 Å². The van der Waals surface area contributed by atoms with Crippen LogP contribution in [-0.2, 0) is 6.42 Å². The topological polar surface area (TPSA) is 57.5 Å². The first-order chi connectivity index (χ1) is 9.49. The van der Waals surface area contributed by atoms with Crippen LogP contribution in [0.5, 0.6) is 5.75 Å². The molecular formula is C17H18O3. The minimum absolute atomic E-state index is 0.0279. The average Bonchev–Trinajstić information content (AvgIpc) is 2.41. The molecule has 20 heavy (non-hydrogen) atoms. The molecule has 3 heteroatoms. The Balaban J connectivity index is 2.34. The van der Waals surface area contributed by atoms with Gasteiger partial charge in [0, 0.05) is 0 Å². The molecule has 0 saturated carbocycles. The molecule has 0 aliphatic carbocycles. The fourth-order valence-corrected chi connectivity index (χ4v) is 2.42. The molecule has 0 radical (unpaired) electrons. The summed E-state index contributed by atoms with van der Waals surface area (Å²) in [6.07, 6.45) is 0.761. The summed E-state index contributed by atoms with van der Waals surface area (Å²) in [5, 5.41) is 19.3. The smallest absolute Gasteiger partial charge is 0.339 e. The number of benzene rings is 2. The minimum Gasteiger partial charge on any atom is -0.507 e. The van der Waals surface area contributed by atoms with Crippen LogP contribution in [0.15, 0.2) is 42.5 Å². The predicted molar refractivity (Wildman–Crippen MR) is 78.4 cm³/mol. The molecular weight excluding hydrogens is 252 g/mol. The SMILES string of the molecule is Cc1cc(C(=O)O)c(O)c(C(C)Cc2ccccc2)c1. The molecule has 2 N–H and O–H groups in total. The molecule has 2 rings (SSSR count). The van der Waals surface area contributed by atoms with Gasteiger partial charge in [0.25, 0.3) is 0 Å². The van der Waals surface area contributed by atoms with Crippen molar-refractivity contribution in [3.8, 4) is 5.75 Å². The first-order valence-corrected chi connectivity index (χ1v) is 6.59. The van der Waals surface area contributed by atoms with E-state index in [0.717, 1.165) is 17.5 Å². The Morgan fingerprint density at radius 2 is 1.85 bits per heavy atom. The highest BCUT2D eigenvalue weighted by Gasteiger charge is 2.18. The van der Waals surface area contributed by atoms with Crippen molar-refractivity contribution in [1.82, 2.24) is 0 Å². The Kier molecular flexibility index (Phi) is 4.08. The molecule has 0 saturated heterocycles. The lowest BCUT2D eigenvalue weighted by Crippen LogP contribution is -2.04. The summed E-state index contributed by atoms with van der Waals surface area (Å²) in [6.45, 7) is 3.83. The Morgan fingerprint density at radius 1 is 1.20 bits per heavy atom. The molecule has 0 bridgehead atoms. The Hall–Kier alpha value is -2.29. The number of hydrogen-bond acceptors (Lipinski definition) is 2. The van der Waals surface area contributed by atoms with Crippen LogP contribution in [0.3, 0.4) is 0 Å². The molecule has 0 aromatic heterocycles. The second-order valence-electron chi connectivity index (χ2n) is 5.15. The number of aryl methyl sites for hydroxylation is 1. The summed E-state index contributed by atoms with van der Waals surface area (Å²) in [7, 11) is 0. The van der Waals surface area contributed by atoms with E-state index in [4.69, 9.17) is 5.11 Å². The zero-order valence-corrected chi connectivity index (χ0v) is 11.6. The minimum atomic E-state index is -1.10. The van der Waals surface area contributed by atoms with Crippen molar-refractivity contribution >= 4 is 5.97 Å². The van der Waals surface area contributed by atoms with Gasteiger partial charge in [0.2, 0.25) is 0 Å². The molecule has 0 fully saturated rings. The van der Waals surface area contributed by atoms with Crippen LogP contribution < -0.4 is 0 Å². The van der Waals surface area contributed by atoms with Crippen LogP contribution in [0, 0.1) is 6.92 Å². The van der Waals surface area contributed by atoms with Gasteiger partial charge in [0.15, 0.2) is 0 Å².